The Hall–Kier alpha value is -2.43. The van der Waals surface area contributed by atoms with E-state index in [-0.39, 0.29) is 41.3 Å². The highest BCUT2D eigenvalue weighted by atomic mass is 16.3. The average Bonchev–Trinajstić information content (AvgIpc) is 2.73. The molecule has 23 heavy (non-hydrogen) atoms. The Kier molecular flexibility index (Phi) is 3.59. The predicted molar refractivity (Wildman–Crippen MR) is 84.7 cm³/mol. The number of Topliss-reactive ketones (excluding diaryl/α,β-unsaturated/α-hetero) is 1. The van der Waals surface area contributed by atoms with Gasteiger partial charge in [-0.25, -0.2) is 0 Å². The Bertz CT molecular complexity index is 718. The summed E-state index contributed by atoms with van der Waals surface area (Å²) < 4.78 is 0. The van der Waals surface area contributed by atoms with E-state index in [1.54, 1.807) is 30.3 Å². The first kappa shape index (κ1) is 15.5. The molecule has 0 unspecified atom stereocenters. The molecule has 0 spiro atoms. The van der Waals surface area contributed by atoms with Crippen molar-refractivity contribution >= 4 is 23.3 Å². The summed E-state index contributed by atoms with van der Waals surface area (Å²) in [6.07, 6.45) is 0.548. The first-order valence-electron chi connectivity index (χ1n) is 7.67. The molecule has 2 aliphatic rings. The third-order valence-corrected chi connectivity index (χ3v) is 4.41. The molecule has 1 aliphatic heterocycles. The average molecular weight is 313 g/mol. The van der Waals surface area contributed by atoms with Crippen LogP contribution < -0.4 is 4.90 Å². The molecular weight excluding hydrogens is 294 g/mol. The number of allylic oxidation sites excluding steroid dienone is 1. The smallest absolute Gasteiger partial charge is 0.242 e. The molecule has 0 radical (unpaired) electrons. The number of hydrogen-bond acceptors (Lipinski definition) is 4. The van der Waals surface area contributed by atoms with Gasteiger partial charge >= 0.3 is 0 Å². The maximum Gasteiger partial charge on any atom is 0.242 e. The van der Waals surface area contributed by atoms with Crippen LogP contribution in [0.25, 0.3) is 0 Å². The standard InChI is InChI=1S/C18H19NO4/c1-18(2)9-13(20)16(14(21)10-18)12-8-15(22)19(17(12)23)11-6-4-3-5-7-11/h3-7,12,20H,8-10H2,1-2H3/t12-/m1/s1. The molecule has 0 saturated carbocycles. The number of carbonyl (C=O) groups is 3. The van der Waals surface area contributed by atoms with Crippen LogP contribution in [-0.2, 0) is 14.4 Å². The lowest BCUT2D eigenvalue weighted by atomic mass is 9.73. The summed E-state index contributed by atoms with van der Waals surface area (Å²) in [6.45, 7) is 3.80. The lowest BCUT2D eigenvalue weighted by Crippen LogP contribution is -2.34. The van der Waals surface area contributed by atoms with Crippen molar-refractivity contribution in [3.05, 3.63) is 41.7 Å². The fourth-order valence-corrected chi connectivity index (χ4v) is 3.40. The van der Waals surface area contributed by atoms with Gasteiger partial charge in [-0.2, -0.15) is 0 Å². The maximum atomic E-state index is 12.7. The minimum Gasteiger partial charge on any atom is -0.512 e. The molecule has 3 rings (SSSR count). The van der Waals surface area contributed by atoms with Crippen molar-refractivity contribution in [1.82, 2.24) is 0 Å². The second-order valence-corrected chi connectivity index (χ2v) is 6.96. The first-order valence-corrected chi connectivity index (χ1v) is 7.67. The number of carbonyl (C=O) groups excluding carboxylic acids is 3. The summed E-state index contributed by atoms with van der Waals surface area (Å²) in [5.74, 6) is -1.93. The minimum atomic E-state index is -0.869. The summed E-state index contributed by atoms with van der Waals surface area (Å²) in [6, 6.07) is 8.64. The Morgan fingerprint density at radius 1 is 1.09 bits per heavy atom. The molecule has 1 aliphatic carbocycles. The van der Waals surface area contributed by atoms with Crippen LogP contribution in [0.3, 0.4) is 0 Å². The lowest BCUT2D eigenvalue weighted by Gasteiger charge is -2.30. The highest BCUT2D eigenvalue weighted by Crippen LogP contribution is 2.41. The van der Waals surface area contributed by atoms with E-state index in [1.807, 2.05) is 13.8 Å². The summed E-state index contributed by atoms with van der Waals surface area (Å²) in [4.78, 5) is 38.5. The fraction of sp³-hybridized carbons (Fsp3) is 0.389. The number of hydrogen-bond donors (Lipinski definition) is 1. The van der Waals surface area contributed by atoms with Crippen molar-refractivity contribution < 1.29 is 19.5 Å². The Morgan fingerprint density at radius 2 is 1.74 bits per heavy atom. The van der Waals surface area contributed by atoms with Crippen molar-refractivity contribution in [1.29, 1.82) is 0 Å². The maximum absolute atomic E-state index is 12.7. The number of nitrogens with zero attached hydrogens (tertiary/aromatic N) is 1. The van der Waals surface area contributed by atoms with Crippen molar-refractivity contribution in [3.8, 4) is 0 Å². The number of imide groups is 1. The van der Waals surface area contributed by atoms with Gasteiger partial charge < -0.3 is 5.11 Å². The SMILES string of the molecule is CC1(C)CC(=O)C([C@H]2CC(=O)N(c3ccccc3)C2=O)=C(O)C1. The largest absolute Gasteiger partial charge is 0.512 e. The molecule has 0 aromatic heterocycles. The predicted octanol–water partition coefficient (Wildman–Crippen LogP) is 2.77. The molecule has 5 heteroatoms. The van der Waals surface area contributed by atoms with Gasteiger partial charge in [-0.1, -0.05) is 32.0 Å². The van der Waals surface area contributed by atoms with Crippen LogP contribution in [0.4, 0.5) is 5.69 Å². The van der Waals surface area contributed by atoms with E-state index in [1.165, 1.54) is 0 Å². The van der Waals surface area contributed by atoms with Crippen LogP contribution >= 0.6 is 0 Å². The van der Waals surface area contributed by atoms with Gasteiger partial charge in [0.15, 0.2) is 5.78 Å². The van der Waals surface area contributed by atoms with Gasteiger partial charge in [0.2, 0.25) is 11.8 Å². The molecule has 1 aromatic rings. The molecule has 5 nitrogen and oxygen atoms in total. The quantitative estimate of drug-likeness (QED) is 0.852. The van der Waals surface area contributed by atoms with Gasteiger partial charge in [0.05, 0.1) is 11.6 Å². The summed E-state index contributed by atoms with van der Waals surface area (Å²) in [5.41, 5.74) is 0.296. The highest BCUT2D eigenvalue weighted by Gasteiger charge is 2.46. The van der Waals surface area contributed by atoms with Crippen molar-refractivity contribution in [2.24, 2.45) is 11.3 Å². The zero-order chi connectivity index (χ0) is 16.8. The van der Waals surface area contributed by atoms with Crippen LogP contribution in [0.1, 0.15) is 33.1 Å². The van der Waals surface area contributed by atoms with Crippen LogP contribution in [0.15, 0.2) is 41.7 Å². The van der Waals surface area contributed by atoms with Crippen molar-refractivity contribution in [3.63, 3.8) is 0 Å². The Balaban J connectivity index is 1.95. The third kappa shape index (κ3) is 2.67. The van der Waals surface area contributed by atoms with Crippen LogP contribution in [0.2, 0.25) is 0 Å². The molecular formula is C18H19NO4. The Morgan fingerprint density at radius 3 is 2.35 bits per heavy atom. The van der Waals surface area contributed by atoms with Crippen molar-refractivity contribution in [2.45, 2.75) is 33.1 Å². The minimum absolute atomic E-state index is 0.0488. The highest BCUT2D eigenvalue weighted by molar-refractivity contribution is 6.24. The third-order valence-electron chi connectivity index (χ3n) is 4.41. The van der Waals surface area contributed by atoms with Gasteiger partial charge in [-0.05, 0) is 17.5 Å². The van der Waals surface area contributed by atoms with Gasteiger partial charge in [-0.3, -0.25) is 19.3 Å². The van der Waals surface area contributed by atoms with Crippen LogP contribution in [-0.4, -0.2) is 22.7 Å². The first-order chi connectivity index (χ1) is 10.8. The molecule has 0 bridgehead atoms. The molecule has 1 N–H and O–H groups in total. The van der Waals surface area contributed by atoms with Gasteiger partial charge in [0.25, 0.3) is 0 Å². The summed E-state index contributed by atoms with van der Waals surface area (Å²) in [5, 5.41) is 10.3. The summed E-state index contributed by atoms with van der Waals surface area (Å²) >= 11 is 0. The van der Waals surface area contributed by atoms with Crippen LogP contribution in [0, 0.1) is 11.3 Å². The monoisotopic (exact) mass is 313 g/mol. The fourth-order valence-electron chi connectivity index (χ4n) is 3.40. The number of anilines is 1. The number of aliphatic hydroxyl groups excluding tert-OH is 1. The van der Waals surface area contributed by atoms with E-state index in [4.69, 9.17) is 0 Å². The topological polar surface area (TPSA) is 74.7 Å². The molecule has 1 fully saturated rings. The normalized spacial score (nSPS) is 24.5. The number of para-hydroxylation sites is 1. The number of ketones is 1. The van der Waals surface area contributed by atoms with Crippen LogP contribution in [0.5, 0.6) is 0 Å². The second kappa shape index (κ2) is 5.33. The number of aliphatic hydroxyl groups is 1. The molecule has 1 heterocycles. The van der Waals surface area contributed by atoms with E-state index in [0.717, 1.165) is 4.90 Å². The molecule has 1 saturated heterocycles. The number of rotatable bonds is 2. The van der Waals surface area contributed by atoms with E-state index in [0.29, 0.717) is 12.1 Å². The molecule has 1 atom stereocenters. The zero-order valence-electron chi connectivity index (χ0n) is 13.2. The van der Waals surface area contributed by atoms with Gasteiger partial charge in [-0.15, -0.1) is 0 Å². The van der Waals surface area contributed by atoms with Crippen molar-refractivity contribution in [2.75, 3.05) is 4.90 Å². The second-order valence-electron chi connectivity index (χ2n) is 6.96. The molecule has 120 valence electrons. The lowest BCUT2D eigenvalue weighted by molar-refractivity contribution is -0.124. The zero-order valence-corrected chi connectivity index (χ0v) is 13.2. The van der Waals surface area contributed by atoms with Gasteiger partial charge in [0.1, 0.15) is 5.76 Å². The van der Waals surface area contributed by atoms with E-state index in [2.05, 4.69) is 0 Å². The number of benzene rings is 1. The van der Waals surface area contributed by atoms with E-state index < -0.39 is 11.8 Å². The van der Waals surface area contributed by atoms with E-state index >= 15 is 0 Å². The molecule has 2 amide bonds. The van der Waals surface area contributed by atoms with Gasteiger partial charge in [0, 0.05) is 24.8 Å². The van der Waals surface area contributed by atoms with E-state index in [9.17, 15) is 19.5 Å². The molecule has 1 aromatic carbocycles. The Labute approximate surface area is 134 Å². The summed E-state index contributed by atoms with van der Waals surface area (Å²) in [7, 11) is 0. The number of amides is 2.